The molecule has 0 spiro atoms. The number of carbonyl (C=O) groups is 1. The van der Waals surface area contributed by atoms with Crippen LogP contribution in [0.1, 0.15) is 5.56 Å². The lowest BCUT2D eigenvalue weighted by Crippen LogP contribution is -2.29. The highest BCUT2D eigenvalue weighted by atomic mass is 32.2. The standard InChI is InChI=1S/C18H20N6O3S/c1-23(2)28(26,27)16-8-3-7-15(12-16)22-18(25)20-13-14-6-4-9-19-17(14)24-11-5-10-21-24/h3-12H,13H2,1-2H3,(H2,20,22,25). The van der Waals surface area contributed by atoms with E-state index >= 15 is 0 Å². The van der Waals surface area contributed by atoms with Gasteiger partial charge in [-0.25, -0.2) is 27.2 Å². The fourth-order valence-electron chi connectivity index (χ4n) is 2.46. The number of hydrogen-bond donors (Lipinski definition) is 2. The maximum Gasteiger partial charge on any atom is 0.319 e. The van der Waals surface area contributed by atoms with Crippen molar-refractivity contribution in [3.05, 3.63) is 66.6 Å². The Hall–Kier alpha value is -3.24. The Morgan fingerprint density at radius 3 is 2.68 bits per heavy atom. The van der Waals surface area contributed by atoms with Crippen molar-refractivity contribution in [3.63, 3.8) is 0 Å². The molecular weight excluding hydrogens is 380 g/mol. The van der Waals surface area contributed by atoms with E-state index in [0.717, 1.165) is 9.87 Å². The number of anilines is 1. The first-order valence-electron chi connectivity index (χ1n) is 8.39. The summed E-state index contributed by atoms with van der Waals surface area (Å²) in [7, 11) is -0.674. The van der Waals surface area contributed by atoms with Gasteiger partial charge in [0, 0.05) is 50.5 Å². The SMILES string of the molecule is CN(C)S(=O)(=O)c1cccc(NC(=O)NCc2cccnc2-n2cccn2)c1. The van der Waals surface area contributed by atoms with E-state index in [1.54, 1.807) is 47.5 Å². The van der Waals surface area contributed by atoms with Crippen molar-refractivity contribution < 1.29 is 13.2 Å². The van der Waals surface area contributed by atoms with Gasteiger partial charge in [-0.2, -0.15) is 5.10 Å². The summed E-state index contributed by atoms with van der Waals surface area (Å²) < 4.78 is 27.2. The van der Waals surface area contributed by atoms with Crippen LogP contribution in [-0.4, -0.2) is 47.6 Å². The first kappa shape index (κ1) is 19.5. The van der Waals surface area contributed by atoms with Gasteiger partial charge < -0.3 is 10.6 Å². The minimum Gasteiger partial charge on any atom is -0.334 e. The number of sulfonamides is 1. The van der Waals surface area contributed by atoms with Crippen LogP contribution in [0.25, 0.3) is 5.82 Å². The van der Waals surface area contributed by atoms with E-state index < -0.39 is 16.1 Å². The van der Waals surface area contributed by atoms with E-state index in [2.05, 4.69) is 20.7 Å². The first-order chi connectivity index (χ1) is 13.4. The maximum absolute atomic E-state index is 12.3. The van der Waals surface area contributed by atoms with E-state index in [-0.39, 0.29) is 11.4 Å². The van der Waals surface area contributed by atoms with Gasteiger partial charge in [0.15, 0.2) is 5.82 Å². The zero-order chi connectivity index (χ0) is 20.1. The fourth-order valence-corrected chi connectivity index (χ4v) is 3.41. The fraction of sp³-hybridized carbons (Fsp3) is 0.167. The molecule has 0 saturated carbocycles. The Balaban J connectivity index is 1.68. The number of rotatable bonds is 6. The Kier molecular flexibility index (Phi) is 5.71. The van der Waals surface area contributed by atoms with Crippen molar-refractivity contribution in [3.8, 4) is 5.82 Å². The predicted octanol–water partition coefficient (Wildman–Crippen LogP) is 1.84. The summed E-state index contributed by atoms with van der Waals surface area (Å²) in [6.45, 7) is 0.227. The molecule has 0 fully saturated rings. The molecule has 3 aromatic rings. The number of aromatic nitrogens is 3. The number of benzene rings is 1. The van der Waals surface area contributed by atoms with Gasteiger partial charge in [-0.3, -0.25) is 0 Å². The van der Waals surface area contributed by atoms with Crippen molar-refractivity contribution >= 4 is 21.7 Å². The summed E-state index contributed by atoms with van der Waals surface area (Å²) >= 11 is 0. The number of pyridine rings is 1. The minimum absolute atomic E-state index is 0.100. The molecule has 0 atom stereocenters. The van der Waals surface area contributed by atoms with Gasteiger partial charge in [-0.15, -0.1) is 0 Å². The lowest BCUT2D eigenvalue weighted by atomic mass is 10.2. The molecule has 0 bridgehead atoms. The van der Waals surface area contributed by atoms with Crippen molar-refractivity contribution in [1.82, 2.24) is 24.4 Å². The molecule has 28 heavy (non-hydrogen) atoms. The first-order valence-corrected chi connectivity index (χ1v) is 9.83. The van der Waals surface area contributed by atoms with E-state index in [1.807, 2.05) is 6.07 Å². The van der Waals surface area contributed by atoms with Crippen molar-refractivity contribution in [2.45, 2.75) is 11.4 Å². The molecule has 0 aliphatic carbocycles. The number of hydrogen-bond acceptors (Lipinski definition) is 5. The molecule has 3 rings (SSSR count). The van der Waals surface area contributed by atoms with Gasteiger partial charge in [-0.05, 0) is 30.3 Å². The lowest BCUT2D eigenvalue weighted by Gasteiger charge is -2.13. The van der Waals surface area contributed by atoms with Crippen molar-refractivity contribution in [1.29, 1.82) is 0 Å². The molecular formula is C18H20N6O3S. The highest BCUT2D eigenvalue weighted by Crippen LogP contribution is 2.18. The second kappa shape index (κ2) is 8.19. The molecule has 0 saturated heterocycles. The van der Waals surface area contributed by atoms with E-state index in [1.165, 1.54) is 26.2 Å². The summed E-state index contributed by atoms with van der Waals surface area (Å²) in [5, 5.41) is 9.54. The van der Waals surface area contributed by atoms with Gasteiger partial charge in [0.1, 0.15) is 0 Å². The highest BCUT2D eigenvalue weighted by Gasteiger charge is 2.17. The average molecular weight is 400 g/mol. The minimum atomic E-state index is -3.58. The van der Waals surface area contributed by atoms with Crippen LogP contribution >= 0.6 is 0 Å². The van der Waals surface area contributed by atoms with Gasteiger partial charge in [0.05, 0.1) is 4.90 Å². The van der Waals surface area contributed by atoms with Crippen LogP contribution in [0.5, 0.6) is 0 Å². The molecule has 1 aromatic carbocycles. The second-order valence-corrected chi connectivity index (χ2v) is 8.21. The molecule has 146 valence electrons. The third kappa shape index (κ3) is 4.35. The quantitative estimate of drug-likeness (QED) is 0.656. The number of carbonyl (C=O) groups excluding carboxylic acids is 1. The number of nitrogens with zero attached hydrogens (tertiary/aromatic N) is 4. The van der Waals surface area contributed by atoms with Crippen LogP contribution < -0.4 is 10.6 Å². The van der Waals surface area contributed by atoms with Gasteiger partial charge in [-0.1, -0.05) is 12.1 Å². The highest BCUT2D eigenvalue weighted by molar-refractivity contribution is 7.89. The van der Waals surface area contributed by atoms with Gasteiger partial charge in [0.2, 0.25) is 10.0 Å². The van der Waals surface area contributed by atoms with Crippen LogP contribution in [-0.2, 0) is 16.6 Å². The summed E-state index contributed by atoms with van der Waals surface area (Å²) in [4.78, 5) is 16.6. The molecule has 2 aromatic heterocycles. The molecule has 0 unspecified atom stereocenters. The summed E-state index contributed by atoms with van der Waals surface area (Å²) in [5.41, 5.74) is 1.16. The third-order valence-electron chi connectivity index (χ3n) is 3.90. The van der Waals surface area contributed by atoms with Gasteiger partial charge >= 0.3 is 6.03 Å². The number of urea groups is 1. The topological polar surface area (TPSA) is 109 Å². The van der Waals surface area contributed by atoms with Gasteiger partial charge in [0.25, 0.3) is 0 Å². The lowest BCUT2D eigenvalue weighted by molar-refractivity contribution is 0.251. The van der Waals surface area contributed by atoms with Crippen LogP contribution in [0.15, 0.2) is 66.0 Å². The summed E-state index contributed by atoms with van der Waals surface area (Å²) in [6, 6.07) is 11.0. The monoisotopic (exact) mass is 400 g/mol. The molecule has 2 amide bonds. The normalized spacial score (nSPS) is 11.4. The van der Waals surface area contributed by atoms with Crippen molar-refractivity contribution in [2.75, 3.05) is 19.4 Å². The molecule has 0 aliphatic rings. The smallest absolute Gasteiger partial charge is 0.319 e. The molecule has 2 heterocycles. The van der Waals surface area contributed by atoms with Crippen molar-refractivity contribution in [2.24, 2.45) is 0 Å². The Morgan fingerprint density at radius 1 is 1.14 bits per heavy atom. The number of amides is 2. The zero-order valence-corrected chi connectivity index (χ0v) is 16.2. The largest absolute Gasteiger partial charge is 0.334 e. The maximum atomic E-state index is 12.3. The zero-order valence-electron chi connectivity index (χ0n) is 15.4. The molecule has 10 heteroatoms. The third-order valence-corrected chi connectivity index (χ3v) is 5.71. The van der Waals surface area contributed by atoms with Crippen LogP contribution in [0.4, 0.5) is 10.5 Å². The van der Waals surface area contributed by atoms with Crippen LogP contribution in [0.3, 0.4) is 0 Å². The Labute approximate surface area is 163 Å². The van der Waals surface area contributed by atoms with E-state index in [4.69, 9.17) is 0 Å². The summed E-state index contributed by atoms with van der Waals surface area (Å²) in [6.07, 6.45) is 5.06. The van der Waals surface area contributed by atoms with Crippen LogP contribution in [0.2, 0.25) is 0 Å². The molecule has 9 nitrogen and oxygen atoms in total. The number of nitrogens with one attached hydrogen (secondary N) is 2. The molecule has 0 aliphatic heterocycles. The summed E-state index contributed by atoms with van der Waals surface area (Å²) in [5.74, 6) is 0.617. The second-order valence-electron chi connectivity index (χ2n) is 6.06. The molecule has 2 N–H and O–H groups in total. The van der Waals surface area contributed by atoms with E-state index in [0.29, 0.717) is 11.5 Å². The Morgan fingerprint density at radius 2 is 1.96 bits per heavy atom. The van der Waals surface area contributed by atoms with Crippen LogP contribution in [0, 0.1) is 0 Å². The predicted molar refractivity (Wildman–Crippen MR) is 105 cm³/mol. The average Bonchev–Trinajstić information content (AvgIpc) is 3.21. The Bertz CT molecular complexity index is 1060. The molecule has 0 radical (unpaired) electrons. The van der Waals surface area contributed by atoms with E-state index in [9.17, 15) is 13.2 Å².